The molecular weight excluding hydrogens is 403 g/mol. The summed E-state index contributed by atoms with van der Waals surface area (Å²) in [5.74, 6) is -0.218. The van der Waals surface area contributed by atoms with E-state index >= 15 is 0 Å². The van der Waals surface area contributed by atoms with Gasteiger partial charge >= 0.3 is 0 Å². The number of hydrogen-bond donors (Lipinski definition) is 2. The zero-order valence-electron chi connectivity index (χ0n) is 14.8. The molecule has 9 heteroatoms. The Morgan fingerprint density at radius 3 is 2.75 bits per heavy atom. The average Bonchev–Trinajstić information content (AvgIpc) is 2.97. The van der Waals surface area contributed by atoms with Crippen molar-refractivity contribution < 1.29 is 9.53 Å². The maximum Gasteiger partial charge on any atom is 0.280 e. The molecule has 0 saturated carbocycles. The third-order valence-corrected chi connectivity index (χ3v) is 4.31. The van der Waals surface area contributed by atoms with Crippen molar-refractivity contribution in [3.8, 4) is 11.4 Å². The number of hydrogen-bond acceptors (Lipinski definition) is 4. The smallest absolute Gasteiger partial charge is 0.280 e. The van der Waals surface area contributed by atoms with Crippen molar-refractivity contribution in [3.63, 3.8) is 0 Å². The second kappa shape index (κ2) is 8.77. The highest BCUT2D eigenvalue weighted by Gasteiger charge is 2.11. The lowest BCUT2D eigenvalue weighted by Crippen LogP contribution is -2.25. The number of H-pyrrole nitrogens is 1. The summed E-state index contributed by atoms with van der Waals surface area (Å²) in [6.07, 6.45) is 1.29. The van der Waals surface area contributed by atoms with Crippen LogP contribution in [-0.4, -0.2) is 28.5 Å². The first-order valence-electron chi connectivity index (χ1n) is 8.22. The molecule has 0 bridgehead atoms. The summed E-state index contributed by atoms with van der Waals surface area (Å²) in [5.41, 5.74) is 3.69. The van der Waals surface area contributed by atoms with Gasteiger partial charge in [-0.1, -0.05) is 41.4 Å². The fourth-order valence-corrected chi connectivity index (χ4v) is 2.74. The van der Waals surface area contributed by atoms with Gasteiger partial charge in [-0.25, -0.2) is 10.1 Å². The largest absolute Gasteiger partial charge is 0.482 e. The Morgan fingerprint density at radius 1 is 1.25 bits per heavy atom. The standard InChI is InChI=1S/C19H16Cl2N4O3/c1-12-15(19(27)25(24-12)14-5-3-2-4-6-14)10-22-23-18(26)11-28-17-9-13(20)7-8-16(17)21/h2-10,24H,11H2,1H3,(H,23,26)/b22-10-. The number of amides is 1. The van der Waals surface area contributed by atoms with Crippen molar-refractivity contribution >= 4 is 35.3 Å². The first-order chi connectivity index (χ1) is 13.5. The summed E-state index contributed by atoms with van der Waals surface area (Å²) in [6, 6.07) is 13.8. The highest BCUT2D eigenvalue weighted by Crippen LogP contribution is 2.27. The number of rotatable bonds is 6. The second-order valence-corrected chi connectivity index (χ2v) is 6.63. The van der Waals surface area contributed by atoms with Gasteiger partial charge in [-0.15, -0.1) is 0 Å². The lowest BCUT2D eigenvalue weighted by Gasteiger charge is -2.07. The topological polar surface area (TPSA) is 88.5 Å². The third kappa shape index (κ3) is 4.62. The molecular formula is C19H16Cl2N4O3. The van der Waals surface area contributed by atoms with Gasteiger partial charge in [0, 0.05) is 16.8 Å². The number of aromatic amines is 1. The van der Waals surface area contributed by atoms with E-state index in [9.17, 15) is 9.59 Å². The van der Waals surface area contributed by atoms with Crippen LogP contribution >= 0.6 is 23.2 Å². The summed E-state index contributed by atoms with van der Waals surface area (Å²) in [7, 11) is 0. The Hall–Kier alpha value is -3.03. The van der Waals surface area contributed by atoms with Crippen LogP contribution in [0.5, 0.6) is 5.75 Å². The number of hydrazone groups is 1. The molecule has 0 spiro atoms. The molecule has 1 heterocycles. The molecule has 1 amide bonds. The van der Waals surface area contributed by atoms with Crippen LogP contribution in [0.1, 0.15) is 11.3 Å². The molecule has 7 nitrogen and oxygen atoms in total. The van der Waals surface area contributed by atoms with Crippen molar-refractivity contribution in [2.45, 2.75) is 6.92 Å². The van der Waals surface area contributed by atoms with Gasteiger partial charge < -0.3 is 4.74 Å². The molecule has 0 unspecified atom stereocenters. The summed E-state index contributed by atoms with van der Waals surface area (Å²) < 4.78 is 6.72. The van der Waals surface area contributed by atoms with Crippen molar-refractivity contribution in [2.75, 3.05) is 6.61 Å². The number of halogens is 2. The molecule has 0 saturated heterocycles. The first kappa shape index (κ1) is 19.7. The van der Waals surface area contributed by atoms with Gasteiger partial charge in [0.25, 0.3) is 11.5 Å². The molecule has 2 aromatic carbocycles. The fourth-order valence-electron chi connectivity index (χ4n) is 2.40. The minimum absolute atomic E-state index is 0.274. The monoisotopic (exact) mass is 418 g/mol. The number of aryl methyl sites for hydroxylation is 1. The summed E-state index contributed by atoms with van der Waals surface area (Å²) >= 11 is 11.8. The number of nitrogens with zero attached hydrogens (tertiary/aromatic N) is 2. The van der Waals surface area contributed by atoms with Crippen molar-refractivity contribution in [2.24, 2.45) is 5.10 Å². The lowest BCUT2D eigenvalue weighted by molar-refractivity contribution is -0.123. The summed E-state index contributed by atoms with van der Waals surface area (Å²) in [5, 5.41) is 7.58. The minimum atomic E-state index is -0.510. The zero-order valence-corrected chi connectivity index (χ0v) is 16.3. The van der Waals surface area contributed by atoms with E-state index < -0.39 is 5.91 Å². The number of nitrogens with one attached hydrogen (secondary N) is 2. The Bertz CT molecular complexity index is 1070. The van der Waals surface area contributed by atoms with Crippen molar-refractivity contribution in [3.05, 3.63) is 80.2 Å². The van der Waals surface area contributed by atoms with E-state index in [1.54, 1.807) is 31.2 Å². The van der Waals surface area contributed by atoms with E-state index in [4.69, 9.17) is 27.9 Å². The average molecular weight is 419 g/mol. The van der Waals surface area contributed by atoms with Crippen LogP contribution in [0.3, 0.4) is 0 Å². The number of carbonyl (C=O) groups is 1. The van der Waals surface area contributed by atoms with Crippen LogP contribution in [0.25, 0.3) is 5.69 Å². The van der Waals surface area contributed by atoms with Gasteiger partial charge in [-0.3, -0.25) is 14.7 Å². The minimum Gasteiger partial charge on any atom is -0.482 e. The van der Waals surface area contributed by atoms with Gasteiger partial charge in [0.1, 0.15) is 5.75 Å². The van der Waals surface area contributed by atoms with Crippen molar-refractivity contribution in [1.82, 2.24) is 15.2 Å². The molecule has 3 aromatic rings. The summed E-state index contributed by atoms with van der Waals surface area (Å²) in [6.45, 7) is 1.44. The maximum absolute atomic E-state index is 12.5. The van der Waals surface area contributed by atoms with Crippen LogP contribution in [0, 0.1) is 6.92 Å². The maximum atomic E-state index is 12.5. The van der Waals surface area contributed by atoms with Gasteiger partial charge in [0.2, 0.25) is 0 Å². The zero-order chi connectivity index (χ0) is 20.1. The Kier molecular flexibility index (Phi) is 6.18. The van der Waals surface area contributed by atoms with Crippen LogP contribution < -0.4 is 15.7 Å². The molecule has 3 rings (SSSR count). The van der Waals surface area contributed by atoms with E-state index in [2.05, 4.69) is 15.6 Å². The third-order valence-electron chi connectivity index (χ3n) is 3.77. The van der Waals surface area contributed by atoms with Gasteiger partial charge in [0.15, 0.2) is 6.61 Å². The van der Waals surface area contributed by atoms with Crippen LogP contribution in [0.2, 0.25) is 10.0 Å². The molecule has 0 aliphatic carbocycles. The summed E-state index contributed by atoms with van der Waals surface area (Å²) in [4.78, 5) is 24.4. The number of para-hydroxylation sites is 1. The van der Waals surface area contributed by atoms with Crippen LogP contribution in [0.4, 0.5) is 0 Å². The Balaban J connectivity index is 1.63. The SMILES string of the molecule is Cc1[nH]n(-c2ccccc2)c(=O)c1/C=N\NC(=O)COc1cc(Cl)ccc1Cl. The first-order valence-corrected chi connectivity index (χ1v) is 8.98. The van der Waals surface area contributed by atoms with E-state index in [-0.39, 0.29) is 12.2 Å². The highest BCUT2D eigenvalue weighted by atomic mass is 35.5. The van der Waals surface area contributed by atoms with Gasteiger partial charge in [-0.05, 0) is 31.2 Å². The molecule has 0 atom stereocenters. The highest BCUT2D eigenvalue weighted by molar-refractivity contribution is 6.34. The van der Waals surface area contributed by atoms with E-state index in [0.717, 1.165) is 0 Å². The molecule has 28 heavy (non-hydrogen) atoms. The number of ether oxygens (including phenoxy) is 1. The number of aromatic nitrogens is 2. The van der Waals surface area contributed by atoms with Gasteiger partial charge in [-0.2, -0.15) is 5.10 Å². The predicted molar refractivity (Wildman–Crippen MR) is 109 cm³/mol. The molecule has 0 aliphatic heterocycles. The molecule has 1 aromatic heterocycles. The molecule has 0 aliphatic rings. The molecule has 0 fully saturated rings. The number of benzene rings is 2. The van der Waals surface area contributed by atoms with Crippen molar-refractivity contribution in [1.29, 1.82) is 0 Å². The molecule has 144 valence electrons. The van der Waals surface area contributed by atoms with Crippen LogP contribution in [0.15, 0.2) is 58.4 Å². The van der Waals surface area contributed by atoms with Gasteiger partial charge in [0.05, 0.1) is 22.5 Å². The predicted octanol–water partition coefficient (Wildman–Crippen LogP) is 3.31. The molecule has 2 N–H and O–H groups in total. The Labute approximate surface area is 170 Å². The second-order valence-electron chi connectivity index (χ2n) is 5.78. The quantitative estimate of drug-likeness (QED) is 0.475. The lowest BCUT2D eigenvalue weighted by atomic mass is 10.3. The fraction of sp³-hybridized carbons (Fsp3) is 0.105. The van der Waals surface area contributed by atoms with E-state index in [0.29, 0.717) is 32.7 Å². The normalized spacial score (nSPS) is 11.0. The van der Waals surface area contributed by atoms with E-state index in [1.807, 2.05) is 18.2 Å². The Morgan fingerprint density at radius 2 is 2.00 bits per heavy atom. The number of carbonyl (C=O) groups excluding carboxylic acids is 1. The molecule has 0 radical (unpaired) electrons. The van der Waals surface area contributed by atoms with Crippen LogP contribution in [-0.2, 0) is 4.79 Å². The van der Waals surface area contributed by atoms with E-state index in [1.165, 1.54) is 17.0 Å².